The van der Waals surface area contributed by atoms with Crippen LogP contribution < -0.4 is 9.46 Å². The first kappa shape index (κ1) is 23.3. The Hall–Kier alpha value is -2.38. The molecule has 3 rings (SSSR count). The van der Waals surface area contributed by atoms with Crippen molar-refractivity contribution in [3.05, 3.63) is 59.7 Å². The number of ether oxygens (including phenoxy) is 1. The molecule has 7 heteroatoms. The summed E-state index contributed by atoms with van der Waals surface area (Å²) in [6.07, 6.45) is 1.05. The smallest absolute Gasteiger partial charge is 0.240 e. The molecule has 1 amide bonds. The lowest BCUT2D eigenvalue weighted by molar-refractivity contribution is -0.130. The minimum atomic E-state index is -3.63. The molecule has 1 heterocycles. The number of methoxy groups -OCH3 is 1. The fourth-order valence-electron chi connectivity index (χ4n) is 3.80. The summed E-state index contributed by atoms with van der Waals surface area (Å²) < 4.78 is 32.8. The lowest BCUT2D eigenvalue weighted by atomic mass is 9.87. The van der Waals surface area contributed by atoms with Gasteiger partial charge in [0, 0.05) is 32.0 Å². The molecule has 1 saturated heterocycles. The summed E-state index contributed by atoms with van der Waals surface area (Å²) in [5, 5.41) is 0. The van der Waals surface area contributed by atoms with Crippen molar-refractivity contribution in [1.29, 1.82) is 0 Å². The Bertz CT molecular complexity index is 993. The molecule has 31 heavy (non-hydrogen) atoms. The number of carbonyl (C=O) groups is 1. The Kier molecular flexibility index (Phi) is 7.06. The second-order valence-electron chi connectivity index (χ2n) is 9.02. The SMILES string of the molecule is COc1ccc(C2CCN(C(=O)CCNS(=O)(=O)c3ccc(C(C)(C)C)cc3)C2)cc1. The molecule has 1 fully saturated rings. The van der Waals surface area contributed by atoms with E-state index in [0.29, 0.717) is 19.0 Å². The molecule has 1 N–H and O–H groups in total. The standard InChI is InChI=1S/C24H32N2O4S/c1-24(2,3)20-7-11-22(12-8-20)31(28,29)25-15-13-23(27)26-16-14-19(17-26)18-5-9-21(30-4)10-6-18/h5-12,19,25H,13-17H2,1-4H3. The van der Waals surface area contributed by atoms with E-state index in [1.165, 1.54) is 5.56 Å². The van der Waals surface area contributed by atoms with Gasteiger partial charge in [0.1, 0.15) is 5.75 Å². The van der Waals surface area contributed by atoms with Crippen LogP contribution in [0.4, 0.5) is 0 Å². The minimum absolute atomic E-state index is 0.0261. The van der Waals surface area contributed by atoms with Crippen LogP contribution in [-0.4, -0.2) is 46.0 Å². The number of likely N-dealkylation sites (tertiary alicyclic amines) is 1. The number of nitrogens with zero attached hydrogens (tertiary/aromatic N) is 1. The van der Waals surface area contributed by atoms with Crippen LogP contribution in [-0.2, 0) is 20.2 Å². The average molecular weight is 445 g/mol. The summed E-state index contributed by atoms with van der Waals surface area (Å²) in [5.74, 6) is 1.09. The molecule has 0 aliphatic carbocycles. The molecule has 6 nitrogen and oxygen atoms in total. The Balaban J connectivity index is 1.50. The Labute approximate surface area is 185 Å². The summed E-state index contributed by atoms with van der Waals surface area (Å²) in [7, 11) is -2.00. The molecule has 0 aromatic heterocycles. The van der Waals surface area contributed by atoms with E-state index in [-0.39, 0.29) is 29.2 Å². The molecule has 0 radical (unpaired) electrons. The molecule has 1 aliphatic heterocycles. The van der Waals surface area contributed by atoms with Crippen molar-refractivity contribution in [1.82, 2.24) is 9.62 Å². The molecular weight excluding hydrogens is 412 g/mol. The van der Waals surface area contributed by atoms with Crippen molar-refractivity contribution >= 4 is 15.9 Å². The molecule has 168 valence electrons. The van der Waals surface area contributed by atoms with Gasteiger partial charge in [0.25, 0.3) is 0 Å². The zero-order chi connectivity index (χ0) is 22.6. The van der Waals surface area contributed by atoms with Crippen LogP contribution in [0.3, 0.4) is 0 Å². The van der Waals surface area contributed by atoms with Crippen LogP contribution in [0.2, 0.25) is 0 Å². The number of nitrogens with one attached hydrogen (secondary N) is 1. The molecule has 0 saturated carbocycles. The third-order valence-electron chi connectivity index (χ3n) is 5.79. The Morgan fingerprint density at radius 3 is 2.32 bits per heavy atom. The highest BCUT2D eigenvalue weighted by Gasteiger charge is 2.27. The number of carbonyl (C=O) groups excluding carboxylic acids is 1. The van der Waals surface area contributed by atoms with Gasteiger partial charge < -0.3 is 9.64 Å². The summed E-state index contributed by atoms with van der Waals surface area (Å²) in [6, 6.07) is 14.8. The van der Waals surface area contributed by atoms with Crippen molar-refractivity contribution in [3.8, 4) is 5.75 Å². The molecule has 0 spiro atoms. The van der Waals surface area contributed by atoms with Gasteiger partial charge in [-0.05, 0) is 47.2 Å². The maximum Gasteiger partial charge on any atom is 0.240 e. The number of sulfonamides is 1. The summed E-state index contributed by atoms with van der Waals surface area (Å²) in [6.45, 7) is 7.68. The molecule has 1 unspecified atom stereocenters. The van der Waals surface area contributed by atoms with Gasteiger partial charge in [-0.1, -0.05) is 45.0 Å². The predicted octanol–water partition coefficient (Wildman–Crippen LogP) is 3.68. The van der Waals surface area contributed by atoms with E-state index < -0.39 is 10.0 Å². The Morgan fingerprint density at radius 1 is 1.10 bits per heavy atom. The number of benzene rings is 2. The first-order valence-corrected chi connectivity index (χ1v) is 12.1. The number of hydrogen-bond donors (Lipinski definition) is 1. The van der Waals surface area contributed by atoms with E-state index in [2.05, 4.69) is 25.5 Å². The number of rotatable bonds is 7. The molecule has 1 atom stereocenters. The van der Waals surface area contributed by atoms with Crippen molar-refractivity contribution in [2.45, 2.75) is 49.8 Å². The average Bonchev–Trinajstić information content (AvgIpc) is 3.23. The highest BCUT2D eigenvalue weighted by atomic mass is 32.2. The van der Waals surface area contributed by atoms with Gasteiger partial charge >= 0.3 is 0 Å². The fourth-order valence-corrected chi connectivity index (χ4v) is 4.83. The van der Waals surface area contributed by atoms with Crippen molar-refractivity contribution in [2.24, 2.45) is 0 Å². The first-order valence-electron chi connectivity index (χ1n) is 10.6. The van der Waals surface area contributed by atoms with E-state index in [1.54, 1.807) is 19.2 Å². The van der Waals surface area contributed by atoms with Gasteiger partial charge in [0.15, 0.2) is 0 Å². The van der Waals surface area contributed by atoms with E-state index in [9.17, 15) is 13.2 Å². The van der Waals surface area contributed by atoms with Crippen molar-refractivity contribution < 1.29 is 17.9 Å². The van der Waals surface area contributed by atoms with Gasteiger partial charge in [0.2, 0.25) is 15.9 Å². The zero-order valence-corrected chi connectivity index (χ0v) is 19.5. The quantitative estimate of drug-likeness (QED) is 0.707. The second kappa shape index (κ2) is 9.40. The largest absolute Gasteiger partial charge is 0.497 e. The van der Waals surface area contributed by atoms with E-state index in [1.807, 2.05) is 41.3 Å². The summed E-state index contributed by atoms with van der Waals surface area (Å²) in [4.78, 5) is 14.6. The van der Waals surface area contributed by atoms with Crippen LogP contribution >= 0.6 is 0 Å². The number of amides is 1. The van der Waals surface area contributed by atoms with E-state index in [0.717, 1.165) is 17.7 Å². The topological polar surface area (TPSA) is 75.7 Å². The van der Waals surface area contributed by atoms with Gasteiger partial charge in [-0.15, -0.1) is 0 Å². The maximum absolute atomic E-state index is 12.6. The van der Waals surface area contributed by atoms with Crippen LogP contribution in [0.5, 0.6) is 5.75 Å². The Morgan fingerprint density at radius 2 is 1.74 bits per heavy atom. The monoisotopic (exact) mass is 444 g/mol. The summed E-state index contributed by atoms with van der Waals surface area (Å²) in [5.41, 5.74) is 2.22. The predicted molar refractivity (Wildman–Crippen MR) is 122 cm³/mol. The zero-order valence-electron chi connectivity index (χ0n) is 18.7. The van der Waals surface area contributed by atoms with Gasteiger partial charge in [-0.2, -0.15) is 0 Å². The highest BCUT2D eigenvalue weighted by Crippen LogP contribution is 2.29. The van der Waals surface area contributed by atoms with Crippen LogP contribution in [0.1, 0.15) is 50.7 Å². The first-order chi connectivity index (χ1) is 14.6. The molecule has 1 aliphatic rings. The highest BCUT2D eigenvalue weighted by molar-refractivity contribution is 7.89. The number of hydrogen-bond acceptors (Lipinski definition) is 4. The van der Waals surface area contributed by atoms with Crippen LogP contribution in [0.15, 0.2) is 53.4 Å². The molecule has 2 aromatic rings. The third kappa shape index (κ3) is 5.86. The minimum Gasteiger partial charge on any atom is -0.497 e. The fraction of sp³-hybridized carbons (Fsp3) is 0.458. The van der Waals surface area contributed by atoms with Gasteiger partial charge in [-0.3, -0.25) is 4.79 Å². The van der Waals surface area contributed by atoms with E-state index >= 15 is 0 Å². The van der Waals surface area contributed by atoms with Crippen molar-refractivity contribution in [2.75, 3.05) is 26.7 Å². The van der Waals surface area contributed by atoms with Gasteiger partial charge in [-0.25, -0.2) is 13.1 Å². The molecule has 0 bridgehead atoms. The van der Waals surface area contributed by atoms with Crippen LogP contribution in [0.25, 0.3) is 0 Å². The third-order valence-corrected chi connectivity index (χ3v) is 7.27. The molecular formula is C24H32N2O4S. The normalized spacial score (nSPS) is 17.0. The van der Waals surface area contributed by atoms with Crippen molar-refractivity contribution in [3.63, 3.8) is 0 Å². The lowest BCUT2D eigenvalue weighted by Crippen LogP contribution is -2.33. The second-order valence-corrected chi connectivity index (χ2v) is 10.8. The summed E-state index contributed by atoms with van der Waals surface area (Å²) >= 11 is 0. The van der Waals surface area contributed by atoms with Crippen LogP contribution in [0, 0.1) is 0 Å². The lowest BCUT2D eigenvalue weighted by Gasteiger charge is -2.19. The maximum atomic E-state index is 12.6. The molecule has 2 aromatic carbocycles. The van der Waals surface area contributed by atoms with Gasteiger partial charge in [0.05, 0.1) is 12.0 Å². The van der Waals surface area contributed by atoms with E-state index in [4.69, 9.17) is 4.74 Å².